The zero-order valence-electron chi connectivity index (χ0n) is 13.8. The summed E-state index contributed by atoms with van der Waals surface area (Å²) in [6.07, 6.45) is 11.2. The number of amides is 2. The van der Waals surface area contributed by atoms with E-state index in [-0.39, 0.29) is 6.03 Å². The molecule has 1 aromatic rings. The van der Waals surface area contributed by atoms with Gasteiger partial charge in [0.15, 0.2) is 0 Å². The van der Waals surface area contributed by atoms with Gasteiger partial charge in [-0.15, -0.1) is 0 Å². The third-order valence-electron chi connectivity index (χ3n) is 5.65. The highest BCUT2D eigenvalue weighted by atomic mass is 16.2. The number of carbonyl (C=O) groups is 1. The Morgan fingerprint density at radius 3 is 2.82 bits per heavy atom. The number of hydrogen-bond acceptors (Lipinski definition) is 2. The third kappa shape index (κ3) is 3.11. The Morgan fingerprint density at radius 1 is 1.32 bits per heavy atom. The Morgan fingerprint density at radius 2 is 2.09 bits per heavy atom. The number of urea groups is 1. The number of carbonyl (C=O) groups excluding carboxylic acids is 1. The molecular formula is C18H27N3O. The fourth-order valence-electron chi connectivity index (χ4n) is 4.18. The zero-order valence-corrected chi connectivity index (χ0v) is 13.8. The van der Waals surface area contributed by atoms with Crippen molar-refractivity contribution in [3.63, 3.8) is 0 Å². The summed E-state index contributed by atoms with van der Waals surface area (Å²) in [7, 11) is 0. The summed E-state index contributed by atoms with van der Waals surface area (Å²) in [4.78, 5) is 18.8. The van der Waals surface area contributed by atoms with Crippen LogP contribution in [0.15, 0.2) is 18.5 Å². The van der Waals surface area contributed by atoms with Crippen molar-refractivity contribution in [1.82, 2.24) is 9.88 Å². The van der Waals surface area contributed by atoms with Crippen molar-refractivity contribution in [2.24, 2.45) is 11.3 Å². The topological polar surface area (TPSA) is 45.2 Å². The molecule has 2 heterocycles. The van der Waals surface area contributed by atoms with Crippen molar-refractivity contribution in [2.75, 3.05) is 18.4 Å². The molecule has 0 aromatic carbocycles. The third-order valence-corrected chi connectivity index (χ3v) is 5.65. The van der Waals surface area contributed by atoms with Crippen LogP contribution in [0.5, 0.6) is 0 Å². The first-order chi connectivity index (χ1) is 10.6. The van der Waals surface area contributed by atoms with Crippen LogP contribution in [-0.2, 0) is 0 Å². The van der Waals surface area contributed by atoms with Gasteiger partial charge in [-0.1, -0.05) is 26.2 Å². The molecule has 2 fully saturated rings. The van der Waals surface area contributed by atoms with E-state index in [1.807, 2.05) is 17.9 Å². The van der Waals surface area contributed by atoms with Crippen LogP contribution in [0.3, 0.4) is 0 Å². The zero-order chi connectivity index (χ0) is 15.6. The van der Waals surface area contributed by atoms with Gasteiger partial charge in [0.1, 0.15) is 0 Å². The summed E-state index contributed by atoms with van der Waals surface area (Å²) in [6.45, 7) is 6.15. The molecule has 120 valence electrons. The summed E-state index contributed by atoms with van der Waals surface area (Å²) >= 11 is 0. The Labute approximate surface area is 133 Å². The van der Waals surface area contributed by atoms with Gasteiger partial charge in [0.25, 0.3) is 0 Å². The highest BCUT2D eigenvalue weighted by Crippen LogP contribution is 2.46. The van der Waals surface area contributed by atoms with Crippen LogP contribution in [0, 0.1) is 18.3 Å². The van der Waals surface area contributed by atoms with Crippen molar-refractivity contribution in [3.8, 4) is 0 Å². The van der Waals surface area contributed by atoms with Crippen molar-refractivity contribution >= 4 is 11.7 Å². The predicted octanol–water partition coefficient (Wildman–Crippen LogP) is 4.21. The number of piperidine rings is 1. The molecule has 1 spiro atoms. The van der Waals surface area contributed by atoms with Crippen molar-refractivity contribution in [3.05, 3.63) is 24.0 Å². The summed E-state index contributed by atoms with van der Waals surface area (Å²) in [5, 5.41) is 3.01. The van der Waals surface area contributed by atoms with Gasteiger partial charge in [-0.3, -0.25) is 4.98 Å². The first kappa shape index (κ1) is 15.3. The fraction of sp³-hybridized carbons (Fsp3) is 0.667. The largest absolute Gasteiger partial charge is 0.324 e. The van der Waals surface area contributed by atoms with Gasteiger partial charge < -0.3 is 10.2 Å². The molecule has 1 aromatic heterocycles. The quantitative estimate of drug-likeness (QED) is 0.844. The first-order valence-corrected chi connectivity index (χ1v) is 8.57. The number of nitrogens with zero attached hydrogens (tertiary/aromatic N) is 2. The van der Waals surface area contributed by atoms with Crippen LogP contribution in [-0.4, -0.2) is 29.0 Å². The van der Waals surface area contributed by atoms with Gasteiger partial charge in [-0.2, -0.15) is 0 Å². The van der Waals surface area contributed by atoms with Crippen molar-refractivity contribution in [1.29, 1.82) is 0 Å². The van der Waals surface area contributed by atoms with Crippen LogP contribution >= 0.6 is 0 Å². The highest BCUT2D eigenvalue weighted by molar-refractivity contribution is 5.89. The van der Waals surface area contributed by atoms with Crippen molar-refractivity contribution in [2.45, 2.75) is 52.4 Å². The highest BCUT2D eigenvalue weighted by Gasteiger charge is 2.42. The molecule has 1 unspecified atom stereocenters. The maximum absolute atomic E-state index is 12.6. The predicted molar refractivity (Wildman–Crippen MR) is 88.9 cm³/mol. The molecular weight excluding hydrogens is 274 g/mol. The molecule has 1 saturated heterocycles. The van der Waals surface area contributed by atoms with Crippen LogP contribution in [0.2, 0.25) is 0 Å². The van der Waals surface area contributed by atoms with E-state index in [1.165, 1.54) is 32.1 Å². The smallest absolute Gasteiger partial charge is 0.321 e. The molecule has 1 atom stereocenters. The number of hydrogen-bond donors (Lipinski definition) is 1. The number of nitrogens with one attached hydrogen (secondary N) is 1. The van der Waals surface area contributed by atoms with Gasteiger partial charge in [-0.05, 0) is 49.1 Å². The lowest BCUT2D eigenvalue weighted by Crippen LogP contribution is -2.52. The van der Waals surface area contributed by atoms with E-state index >= 15 is 0 Å². The fourth-order valence-corrected chi connectivity index (χ4v) is 4.18. The minimum Gasteiger partial charge on any atom is -0.324 e. The van der Waals surface area contributed by atoms with E-state index in [0.29, 0.717) is 5.41 Å². The van der Waals surface area contributed by atoms with E-state index in [1.54, 1.807) is 12.4 Å². The molecule has 0 bridgehead atoms. The lowest BCUT2D eigenvalue weighted by atomic mass is 9.63. The lowest BCUT2D eigenvalue weighted by Gasteiger charge is -2.49. The Bertz CT molecular complexity index is 537. The normalized spacial score (nSPS) is 24.3. The van der Waals surface area contributed by atoms with E-state index in [2.05, 4.69) is 17.2 Å². The molecule has 2 aliphatic rings. The average molecular weight is 301 g/mol. The number of aryl methyl sites for hydroxylation is 1. The molecule has 1 saturated carbocycles. The van der Waals surface area contributed by atoms with E-state index in [9.17, 15) is 4.79 Å². The standard InChI is InChI=1S/C18H27N3O/c1-14-10-16(12-19-11-14)20-17(22)21-9-6-15(2)18(13-21)7-4-3-5-8-18/h10-12,15H,3-9,13H2,1-2H3,(H,20,22). The van der Waals surface area contributed by atoms with Crippen LogP contribution in [0.25, 0.3) is 0 Å². The molecule has 22 heavy (non-hydrogen) atoms. The first-order valence-electron chi connectivity index (χ1n) is 8.57. The molecule has 1 N–H and O–H groups in total. The average Bonchev–Trinajstić information content (AvgIpc) is 2.51. The van der Waals surface area contributed by atoms with Gasteiger partial charge >= 0.3 is 6.03 Å². The molecule has 4 heteroatoms. The van der Waals surface area contributed by atoms with Gasteiger partial charge in [0.05, 0.1) is 11.9 Å². The monoisotopic (exact) mass is 301 g/mol. The number of pyridine rings is 1. The van der Waals surface area contributed by atoms with E-state index < -0.39 is 0 Å². The number of likely N-dealkylation sites (tertiary alicyclic amines) is 1. The van der Waals surface area contributed by atoms with E-state index in [0.717, 1.165) is 36.7 Å². The summed E-state index contributed by atoms with van der Waals surface area (Å²) in [5.41, 5.74) is 2.22. The number of rotatable bonds is 1. The summed E-state index contributed by atoms with van der Waals surface area (Å²) < 4.78 is 0. The minimum atomic E-state index is 0.0317. The maximum Gasteiger partial charge on any atom is 0.321 e. The Kier molecular flexibility index (Phi) is 4.37. The number of anilines is 1. The van der Waals surface area contributed by atoms with Gasteiger partial charge in [0, 0.05) is 19.3 Å². The molecule has 2 amide bonds. The summed E-state index contributed by atoms with van der Waals surface area (Å²) in [6, 6.07) is 2.00. The SMILES string of the molecule is Cc1cncc(NC(=O)N2CCC(C)C3(CCCCC3)C2)c1. The van der Waals surface area contributed by atoms with Gasteiger partial charge in [0.2, 0.25) is 0 Å². The second-order valence-corrected chi connectivity index (χ2v) is 7.22. The molecule has 1 aliphatic heterocycles. The second kappa shape index (κ2) is 6.27. The van der Waals surface area contributed by atoms with E-state index in [4.69, 9.17) is 0 Å². The van der Waals surface area contributed by atoms with Crippen LogP contribution in [0.4, 0.5) is 10.5 Å². The lowest BCUT2D eigenvalue weighted by molar-refractivity contribution is 0.0237. The molecule has 4 nitrogen and oxygen atoms in total. The Hall–Kier alpha value is -1.58. The van der Waals surface area contributed by atoms with Gasteiger partial charge in [-0.25, -0.2) is 4.79 Å². The number of aromatic nitrogens is 1. The minimum absolute atomic E-state index is 0.0317. The van der Waals surface area contributed by atoms with Crippen LogP contribution in [0.1, 0.15) is 51.0 Å². The van der Waals surface area contributed by atoms with Crippen molar-refractivity contribution < 1.29 is 4.79 Å². The van der Waals surface area contributed by atoms with Crippen LogP contribution < -0.4 is 5.32 Å². The molecule has 0 radical (unpaired) electrons. The molecule has 1 aliphatic carbocycles. The summed E-state index contributed by atoms with van der Waals surface area (Å²) in [5.74, 6) is 0.734. The molecule has 3 rings (SSSR count). The maximum atomic E-state index is 12.6. The Balaban J connectivity index is 1.68. The second-order valence-electron chi connectivity index (χ2n) is 7.22.